The summed E-state index contributed by atoms with van der Waals surface area (Å²) in [7, 11) is 2.85. The molecule has 0 aromatic rings. The van der Waals surface area contributed by atoms with Crippen LogP contribution in [0, 0.1) is 5.92 Å². The van der Waals surface area contributed by atoms with Gasteiger partial charge in [-0.25, -0.2) is 9.59 Å². The van der Waals surface area contributed by atoms with Crippen LogP contribution in [0.25, 0.3) is 0 Å². The van der Waals surface area contributed by atoms with Crippen molar-refractivity contribution in [1.29, 1.82) is 0 Å². The van der Waals surface area contributed by atoms with Crippen molar-refractivity contribution in [2.45, 2.75) is 45.3 Å². The molecular weight excluding hydrogens is 262 g/mol. The summed E-state index contributed by atoms with van der Waals surface area (Å²) < 4.78 is 15.3. The summed E-state index contributed by atoms with van der Waals surface area (Å²) in [6, 6.07) is 0. The van der Waals surface area contributed by atoms with Gasteiger partial charge in [0.15, 0.2) is 6.10 Å². The summed E-state index contributed by atoms with van der Waals surface area (Å²) in [6.07, 6.45) is 0.545. The number of methoxy groups -OCH3 is 2. The minimum Gasteiger partial charge on any atom is -0.467 e. The third-order valence-electron chi connectivity index (χ3n) is 3.31. The monoisotopic (exact) mass is 287 g/mol. The lowest BCUT2D eigenvalue weighted by Crippen LogP contribution is -2.45. The molecule has 1 aliphatic heterocycles. The number of carbonyl (C=O) groups is 2. The Morgan fingerprint density at radius 1 is 1.15 bits per heavy atom. The highest BCUT2D eigenvalue weighted by Crippen LogP contribution is 2.24. The summed E-state index contributed by atoms with van der Waals surface area (Å²) >= 11 is 0. The van der Waals surface area contributed by atoms with E-state index >= 15 is 0 Å². The van der Waals surface area contributed by atoms with E-state index in [9.17, 15) is 9.59 Å². The van der Waals surface area contributed by atoms with Crippen molar-refractivity contribution in [2.75, 3.05) is 27.3 Å². The number of esters is 1. The van der Waals surface area contributed by atoms with E-state index in [1.165, 1.54) is 14.2 Å². The summed E-state index contributed by atoms with van der Waals surface area (Å²) in [5, 5.41) is 0. The Morgan fingerprint density at radius 2 is 1.70 bits per heavy atom. The third-order valence-corrected chi connectivity index (χ3v) is 3.31. The first-order valence-corrected chi connectivity index (χ1v) is 6.87. The smallest absolute Gasteiger partial charge is 0.410 e. The molecule has 1 aliphatic rings. The van der Waals surface area contributed by atoms with Crippen LogP contribution in [0.1, 0.15) is 33.6 Å². The fourth-order valence-corrected chi connectivity index (χ4v) is 2.31. The lowest BCUT2D eigenvalue weighted by Gasteiger charge is -2.35. The lowest BCUT2D eigenvalue weighted by atomic mass is 9.91. The van der Waals surface area contributed by atoms with E-state index in [0.29, 0.717) is 25.9 Å². The van der Waals surface area contributed by atoms with E-state index in [1.54, 1.807) is 4.90 Å². The molecule has 0 spiro atoms. The normalized spacial score (nSPS) is 18.6. The zero-order chi connectivity index (χ0) is 15.3. The van der Waals surface area contributed by atoms with Gasteiger partial charge in [-0.1, -0.05) is 0 Å². The number of nitrogens with zero attached hydrogens (tertiary/aromatic N) is 1. The highest BCUT2D eigenvalue weighted by atomic mass is 16.6. The molecule has 0 N–H and O–H groups in total. The standard InChI is InChI=1S/C14H25NO5/c1-14(2,3)20-13(17)15-8-6-10(7-9-15)11(18-4)12(16)19-5/h10-11H,6-9H2,1-5H3. The molecule has 0 aliphatic carbocycles. The summed E-state index contributed by atoms with van der Waals surface area (Å²) in [5.41, 5.74) is -0.491. The molecule has 1 rings (SSSR count). The average molecular weight is 287 g/mol. The van der Waals surface area contributed by atoms with Gasteiger partial charge in [0.1, 0.15) is 5.60 Å². The third kappa shape index (κ3) is 4.67. The fourth-order valence-electron chi connectivity index (χ4n) is 2.31. The van der Waals surface area contributed by atoms with Crippen LogP contribution < -0.4 is 0 Å². The van der Waals surface area contributed by atoms with Crippen LogP contribution in [0.2, 0.25) is 0 Å². The maximum absolute atomic E-state index is 11.9. The van der Waals surface area contributed by atoms with Crippen molar-refractivity contribution < 1.29 is 23.8 Å². The van der Waals surface area contributed by atoms with Crippen LogP contribution >= 0.6 is 0 Å². The SMILES string of the molecule is COC(=O)C(OC)C1CCN(C(=O)OC(C)(C)C)CC1. The second kappa shape index (κ2) is 6.92. The van der Waals surface area contributed by atoms with Crippen molar-refractivity contribution in [3.63, 3.8) is 0 Å². The molecule has 1 atom stereocenters. The maximum Gasteiger partial charge on any atom is 0.410 e. The molecule has 1 amide bonds. The molecule has 6 nitrogen and oxygen atoms in total. The number of likely N-dealkylation sites (tertiary alicyclic amines) is 1. The highest BCUT2D eigenvalue weighted by Gasteiger charge is 2.34. The Morgan fingerprint density at radius 3 is 2.10 bits per heavy atom. The minimum atomic E-state index is -0.555. The van der Waals surface area contributed by atoms with Gasteiger partial charge in [0.25, 0.3) is 0 Å². The molecule has 20 heavy (non-hydrogen) atoms. The maximum atomic E-state index is 11.9. The zero-order valence-corrected chi connectivity index (χ0v) is 13.0. The quantitative estimate of drug-likeness (QED) is 0.741. The number of amides is 1. The average Bonchev–Trinajstić information content (AvgIpc) is 2.38. The molecule has 1 unspecified atom stereocenters. The zero-order valence-electron chi connectivity index (χ0n) is 13.0. The van der Waals surface area contributed by atoms with Gasteiger partial charge in [-0.15, -0.1) is 0 Å². The van der Waals surface area contributed by atoms with Crippen molar-refractivity contribution in [1.82, 2.24) is 4.90 Å². The van der Waals surface area contributed by atoms with Crippen molar-refractivity contribution in [3.05, 3.63) is 0 Å². The van der Waals surface area contributed by atoms with E-state index in [1.807, 2.05) is 20.8 Å². The van der Waals surface area contributed by atoms with Crippen molar-refractivity contribution >= 4 is 12.1 Å². The number of piperidine rings is 1. The second-order valence-electron chi connectivity index (χ2n) is 5.98. The van der Waals surface area contributed by atoms with Crippen LogP contribution in [0.5, 0.6) is 0 Å². The van der Waals surface area contributed by atoms with Crippen LogP contribution in [-0.4, -0.2) is 56.0 Å². The molecular formula is C14H25NO5. The number of carbonyl (C=O) groups excluding carboxylic acids is 2. The summed E-state index contributed by atoms with van der Waals surface area (Å²) in [4.78, 5) is 25.2. The summed E-state index contributed by atoms with van der Waals surface area (Å²) in [6.45, 7) is 6.66. The molecule has 6 heteroatoms. The van der Waals surface area contributed by atoms with Crippen molar-refractivity contribution in [3.8, 4) is 0 Å². The molecule has 0 aromatic heterocycles. The Kier molecular flexibility index (Phi) is 5.80. The predicted octanol–water partition coefficient (Wildman–Crippen LogP) is 1.82. The van der Waals surface area contributed by atoms with E-state index in [4.69, 9.17) is 14.2 Å². The van der Waals surface area contributed by atoms with Gasteiger partial charge in [0.2, 0.25) is 0 Å². The molecule has 116 valence electrons. The minimum absolute atomic E-state index is 0.0751. The lowest BCUT2D eigenvalue weighted by molar-refractivity contribution is -0.156. The van der Waals surface area contributed by atoms with E-state index in [-0.39, 0.29) is 18.0 Å². The number of hydrogen-bond acceptors (Lipinski definition) is 5. The first-order valence-electron chi connectivity index (χ1n) is 6.87. The van der Waals surface area contributed by atoms with Gasteiger partial charge < -0.3 is 19.1 Å². The highest BCUT2D eigenvalue weighted by molar-refractivity contribution is 5.75. The number of hydrogen-bond donors (Lipinski definition) is 0. The van der Waals surface area contributed by atoms with E-state index in [0.717, 1.165) is 0 Å². The predicted molar refractivity (Wildman–Crippen MR) is 73.3 cm³/mol. The van der Waals surface area contributed by atoms with Gasteiger partial charge in [-0.3, -0.25) is 0 Å². The molecule has 1 fully saturated rings. The Balaban J connectivity index is 2.51. The topological polar surface area (TPSA) is 65.1 Å². The Labute approximate surface area is 120 Å². The molecule has 1 heterocycles. The number of ether oxygens (including phenoxy) is 3. The van der Waals surface area contributed by atoms with E-state index in [2.05, 4.69) is 0 Å². The first-order chi connectivity index (χ1) is 9.28. The molecule has 0 bridgehead atoms. The number of rotatable bonds is 3. The first kappa shape index (κ1) is 16.8. The molecule has 1 saturated heterocycles. The van der Waals surface area contributed by atoms with Crippen LogP contribution in [0.15, 0.2) is 0 Å². The van der Waals surface area contributed by atoms with Gasteiger partial charge >= 0.3 is 12.1 Å². The second-order valence-corrected chi connectivity index (χ2v) is 5.98. The molecule has 0 aromatic carbocycles. The summed E-state index contributed by atoms with van der Waals surface area (Å²) in [5.74, 6) is -0.283. The Bertz CT molecular complexity index is 342. The van der Waals surface area contributed by atoms with Gasteiger partial charge in [-0.05, 0) is 39.5 Å². The Hall–Kier alpha value is -1.30. The van der Waals surface area contributed by atoms with Gasteiger partial charge in [-0.2, -0.15) is 0 Å². The van der Waals surface area contributed by atoms with Gasteiger partial charge in [0.05, 0.1) is 7.11 Å². The molecule has 0 radical (unpaired) electrons. The van der Waals surface area contributed by atoms with Crippen LogP contribution in [0.4, 0.5) is 4.79 Å². The van der Waals surface area contributed by atoms with Crippen LogP contribution in [-0.2, 0) is 19.0 Å². The van der Waals surface area contributed by atoms with Crippen molar-refractivity contribution in [2.24, 2.45) is 5.92 Å². The largest absolute Gasteiger partial charge is 0.467 e. The molecule has 0 saturated carbocycles. The van der Waals surface area contributed by atoms with Gasteiger partial charge in [0, 0.05) is 20.2 Å². The fraction of sp³-hybridized carbons (Fsp3) is 0.857. The van der Waals surface area contributed by atoms with Crippen LogP contribution in [0.3, 0.4) is 0 Å². The van der Waals surface area contributed by atoms with E-state index < -0.39 is 11.7 Å².